The summed E-state index contributed by atoms with van der Waals surface area (Å²) in [6, 6.07) is 12.5. The Labute approximate surface area is 190 Å². The van der Waals surface area contributed by atoms with Crippen molar-refractivity contribution in [1.29, 1.82) is 0 Å². The first-order chi connectivity index (χ1) is 16.0. The Hall–Kier alpha value is -4.14. The molecule has 0 aliphatic rings. The number of amides is 1. The van der Waals surface area contributed by atoms with Crippen molar-refractivity contribution in [2.45, 2.75) is 19.9 Å². The van der Waals surface area contributed by atoms with Gasteiger partial charge in [0.15, 0.2) is 11.5 Å². The number of nitrogens with zero attached hydrogens (tertiary/aromatic N) is 3. The van der Waals surface area contributed by atoms with E-state index in [0.717, 1.165) is 5.56 Å². The van der Waals surface area contributed by atoms with E-state index < -0.39 is 0 Å². The van der Waals surface area contributed by atoms with Crippen molar-refractivity contribution < 1.29 is 18.8 Å². The molecule has 4 aromatic rings. The monoisotopic (exact) mass is 448 g/mol. The van der Waals surface area contributed by atoms with Gasteiger partial charge in [0.2, 0.25) is 11.5 Å². The molecule has 0 bridgehead atoms. The highest BCUT2D eigenvalue weighted by Crippen LogP contribution is 2.27. The van der Waals surface area contributed by atoms with E-state index >= 15 is 0 Å². The number of carbonyl (C=O) groups is 1. The predicted molar refractivity (Wildman–Crippen MR) is 125 cm³/mol. The Morgan fingerprint density at radius 1 is 1.15 bits per heavy atom. The number of nitrogens with one attached hydrogen (secondary N) is 1. The topological polar surface area (TPSA) is 112 Å². The largest absolute Gasteiger partial charge is 0.493 e. The van der Waals surface area contributed by atoms with Gasteiger partial charge in [0.25, 0.3) is 17.1 Å². The molecule has 0 aliphatic heterocycles. The van der Waals surface area contributed by atoms with Crippen molar-refractivity contribution in [2.75, 3.05) is 26.5 Å². The molecule has 33 heavy (non-hydrogen) atoms. The molecule has 3 aromatic heterocycles. The zero-order valence-electron chi connectivity index (χ0n) is 18.8. The first-order valence-electron chi connectivity index (χ1n) is 10.6. The number of hydrogen-bond donors (Lipinski definition) is 2. The SMILES string of the molecule is CC[n+]1c(N)c(C(=O)NCCc2ccc(OC)c(OC)c2)cc2c(=O)n3ccccc3nc21. The molecule has 0 saturated heterocycles. The highest BCUT2D eigenvalue weighted by molar-refractivity contribution is 6.00. The predicted octanol–water partition coefficient (Wildman–Crippen LogP) is 1.73. The number of rotatable bonds is 7. The molecule has 170 valence electrons. The van der Waals surface area contributed by atoms with Crippen LogP contribution in [0.3, 0.4) is 0 Å². The zero-order valence-corrected chi connectivity index (χ0v) is 18.8. The molecule has 0 atom stereocenters. The summed E-state index contributed by atoms with van der Waals surface area (Å²) in [7, 11) is 3.16. The fourth-order valence-corrected chi connectivity index (χ4v) is 3.85. The van der Waals surface area contributed by atoms with E-state index in [1.165, 1.54) is 10.5 Å². The van der Waals surface area contributed by atoms with E-state index in [9.17, 15) is 9.59 Å². The number of pyridine rings is 2. The lowest BCUT2D eigenvalue weighted by Gasteiger charge is -2.12. The Morgan fingerprint density at radius 2 is 1.94 bits per heavy atom. The molecule has 1 aromatic carbocycles. The molecule has 0 radical (unpaired) electrons. The maximum Gasteiger partial charge on any atom is 0.278 e. The third-order valence-corrected chi connectivity index (χ3v) is 5.57. The van der Waals surface area contributed by atoms with Crippen LogP contribution in [-0.2, 0) is 13.0 Å². The minimum absolute atomic E-state index is 0.242. The van der Waals surface area contributed by atoms with Crippen LogP contribution in [0.25, 0.3) is 16.7 Å². The lowest BCUT2D eigenvalue weighted by Crippen LogP contribution is -2.42. The maximum absolute atomic E-state index is 13.1. The van der Waals surface area contributed by atoms with Gasteiger partial charge in [-0.25, -0.2) is 4.57 Å². The number of benzene rings is 1. The van der Waals surface area contributed by atoms with Crippen molar-refractivity contribution in [3.05, 3.63) is 70.1 Å². The number of methoxy groups -OCH3 is 2. The summed E-state index contributed by atoms with van der Waals surface area (Å²) in [6.07, 6.45) is 2.24. The van der Waals surface area contributed by atoms with Crippen molar-refractivity contribution in [1.82, 2.24) is 14.7 Å². The maximum atomic E-state index is 13.1. The molecular weight excluding hydrogens is 422 g/mol. The van der Waals surface area contributed by atoms with E-state index in [-0.39, 0.29) is 22.8 Å². The number of aryl methyl sites for hydroxylation is 1. The third kappa shape index (κ3) is 4.05. The fraction of sp³-hybridized carbons (Fsp3) is 0.250. The number of fused-ring (bicyclic) bond motifs is 2. The second-order valence-electron chi connectivity index (χ2n) is 7.47. The Bertz CT molecular complexity index is 1410. The first-order valence-corrected chi connectivity index (χ1v) is 10.6. The summed E-state index contributed by atoms with van der Waals surface area (Å²) in [6.45, 7) is 2.74. The molecular formula is C24H26N5O4+. The number of carbonyl (C=O) groups excluding carboxylic acids is 1. The number of nitrogen functional groups attached to an aromatic ring is 1. The molecule has 9 heteroatoms. The molecule has 0 aliphatic carbocycles. The van der Waals surface area contributed by atoms with Gasteiger partial charge in [-0.2, -0.15) is 0 Å². The van der Waals surface area contributed by atoms with Crippen LogP contribution in [0.1, 0.15) is 22.8 Å². The van der Waals surface area contributed by atoms with Crippen LogP contribution >= 0.6 is 0 Å². The fourth-order valence-electron chi connectivity index (χ4n) is 3.85. The Kier molecular flexibility index (Phi) is 6.12. The number of ether oxygens (including phenoxy) is 2. The summed E-state index contributed by atoms with van der Waals surface area (Å²) in [5, 5.41) is 3.23. The molecule has 1 amide bonds. The molecule has 0 saturated carbocycles. The lowest BCUT2D eigenvalue weighted by molar-refractivity contribution is -0.655. The van der Waals surface area contributed by atoms with Gasteiger partial charge >= 0.3 is 0 Å². The van der Waals surface area contributed by atoms with Crippen molar-refractivity contribution >= 4 is 28.4 Å². The summed E-state index contributed by atoms with van der Waals surface area (Å²) in [4.78, 5) is 30.7. The van der Waals surface area contributed by atoms with Gasteiger partial charge in [-0.3, -0.25) is 14.0 Å². The van der Waals surface area contributed by atoms with Crippen LogP contribution < -0.4 is 30.7 Å². The molecule has 0 fully saturated rings. The van der Waals surface area contributed by atoms with Gasteiger partial charge in [-0.15, -0.1) is 0 Å². The minimum Gasteiger partial charge on any atom is -0.493 e. The highest BCUT2D eigenvalue weighted by atomic mass is 16.5. The standard InChI is InChI=1S/C24H25N5O4/c1-4-28-21(25)16(14-17-22(28)27-20-7-5-6-12-29(20)24(17)31)23(30)26-11-10-15-8-9-18(32-2)19(13-15)33-3/h5-9,12-14,25H,4,10-11H2,1-3H3,(H,26,30)/p+1. The van der Waals surface area contributed by atoms with Crippen molar-refractivity contribution in [3.63, 3.8) is 0 Å². The summed E-state index contributed by atoms with van der Waals surface area (Å²) < 4.78 is 13.7. The van der Waals surface area contributed by atoms with Crippen LogP contribution in [0.2, 0.25) is 0 Å². The van der Waals surface area contributed by atoms with Crippen LogP contribution in [-0.4, -0.2) is 36.1 Å². The number of nitrogens with two attached hydrogens (primary N) is 1. The average molecular weight is 449 g/mol. The summed E-state index contributed by atoms with van der Waals surface area (Å²) >= 11 is 0. The van der Waals surface area contributed by atoms with Gasteiger partial charge in [0.1, 0.15) is 10.9 Å². The summed E-state index contributed by atoms with van der Waals surface area (Å²) in [5.41, 5.74) is 8.27. The third-order valence-electron chi connectivity index (χ3n) is 5.57. The van der Waals surface area contributed by atoms with E-state index in [4.69, 9.17) is 15.2 Å². The number of hydrogen-bond acceptors (Lipinski definition) is 6. The quantitative estimate of drug-likeness (QED) is 0.329. The van der Waals surface area contributed by atoms with Crippen LogP contribution in [0.5, 0.6) is 11.5 Å². The second kappa shape index (κ2) is 9.15. The molecule has 0 spiro atoms. The van der Waals surface area contributed by atoms with Gasteiger partial charge < -0.3 is 20.5 Å². The highest BCUT2D eigenvalue weighted by Gasteiger charge is 2.23. The first kappa shape index (κ1) is 22.1. The average Bonchev–Trinajstić information content (AvgIpc) is 2.83. The van der Waals surface area contributed by atoms with Gasteiger partial charge in [-0.1, -0.05) is 17.1 Å². The van der Waals surface area contributed by atoms with Crippen molar-refractivity contribution in [2.24, 2.45) is 0 Å². The molecule has 9 nitrogen and oxygen atoms in total. The summed E-state index contributed by atoms with van der Waals surface area (Å²) in [5.74, 6) is 1.19. The van der Waals surface area contributed by atoms with Gasteiger partial charge in [0.05, 0.1) is 20.8 Å². The molecule has 3 heterocycles. The number of aromatic nitrogens is 3. The van der Waals surface area contributed by atoms with Gasteiger partial charge in [0, 0.05) is 12.7 Å². The van der Waals surface area contributed by atoms with Crippen molar-refractivity contribution in [3.8, 4) is 11.5 Å². The molecule has 4 rings (SSSR count). The van der Waals surface area contributed by atoms with Crippen LogP contribution in [0.4, 0.5) is 5.82 Å². The van der Waals surface area contributed by atoms with Crippen LogP contribution in [0, 0.1) is 0 Å². The zero-order chi connectivity index (χ0) is 23.5. The lowest BCUT2D eigenvalue weighted by atomic mass is 10.1. The Balaban J connectivity index is 1.63. The minimum atomic E-state index is -0.352. The molecule has 0 unspecified atom stereocenters. The smallest absolute Gasteiger partial charge is 0.278 e. The van der Waals surface area contributed by atoms with E-state index in [1.54, 1.807) is 37.1 Å². The second-order valence-corrected chi connectivity index (χ2v) is 7.47. The Morgan fingerprint density at radius 3 is 2.67 bits per heavy atom. The number of anilines is 1. The van der Waals surface area contributed by atoms with E-state index in [0.29, 0.717) is 47.7 Å². The van der Waals surface area contributed by atoms with E-state index in [1.807, 2.05) is 31.2 Å². The molecule has 3 N–H and O–H groups in total. The normalized spacial score (nSPS) is 11.0. The van der Waals surface area contributed by atoms with Crippen LogP contribution in [0.15, 0.2) is 53.5 Å². The van der Waals surface area contributed by atoms with E-state index in [2.05, 4.69) is 10.3 Å². The van der Waals surface area contributed by atoms with Gasteiger partial charge in [-0.05, 0) is 49.2 Å².